The summed E-state index contributed by atoms with van der Waals surface area (Å²) in [7, 11) is 0. The van der Waals surface area contributed by atoms with Crippen molar-refractivity contribution in [2.45, 2.75) is 6.61 Å². The van der Waals surface area contributed by atoms with Gasteiger partial charge in [-0.25, -0.2) is 4.39 Å². The normalized spacial score (nSPS) is 10.4. The van der Waals surface area contributed by atoms with Gasteiger partial charge in [-0.15, -0.1) is 11.3 Å². The first-order chi connectivity index (χ1) is 6.76. The first-order valence-corrected chi connectivity index (χ1v) is 4.85. The minimum Gasteiger partial charge on any atom is -0.392 e. The Hall–Kier alpha value is -1.44. The number of thiophene rings is 1. The summed E-state index contributed by atoms with van der Waals surface area (Å²) in [5.74, 6) is -0.442. The predicted molar refractivity (Wildman–Crippen MR) is 52.4 cm³/mol. The molecule has 0 bridgehead atoms. The quantitative estimate of drug-likeness (QED) is 0.780. The SMILES string of the molecule is N#Cc1cc(F)cc2c(CO)csc12. The maximum atomic E-state index is 13.0. The summed E-state index contributed by atoms with van der Waals surface area (Å²) in [6, 6.07) is 4.49. The summed E-state index contributed by atoms with van der Waals surface area (Å²) in [6.45, 7) is -0.131. The van der Waals surface area contributed by atoms with Crippen LogP contribution >= 0.6 is 11.3 Å². The lowest BCUT2D eigenvalue weighted by Gasteiger charge is -1.96. The van der Waals surface area contributed by atoms with Crippen LogP contribution in [0, 0.1) is 17.1 Å². The Morgan fingerprint density at radius 3 is 2.93 bits per heavy atom. The summed E-state index contributed by atoms with van der Waals surface area (Å²) < 4.78 is 13.8. The van der Waals surface area contributed by atoms with Crippen molar-refractivity contribution in [2.75, 3.05) is 0 Å². The van der Waals surface area contributed by atoms with E-state index in [1.165, 1.54) is 23.5 Å². The molecule has 0 fully saturated rings. The summed E-state index contributed by atoms with van der Waals surface area (Å²) in [4.78, 5) is 0. The molecule has 0 spiro atoms. The van der Waals surface area contributed by atoms with Gasteiger partial charge in [-0.1, -0.05) is 0 Å². The minimum absolute atomic E-state index is 0.131. The van der Waals surface area contributed by atoms with Gasteiger partial charge in [0.25, 0.3) is 0 Å². The predicted octanol–water partition coefficient (Wildman–Crippen LogP) is 2.40. The molecule has 0 aliphatic rings. The number of nitrogens with zero attached hydrogens (tertiary/aromatic N) is 1. The lowest BCUT2D eigenvalue weighted by Crippen LogP contribution is -1.83. The van der Waals surface area contributed by atoms with E-state index in [0.29, 0.717) is 16.5 Å². The third-order valence-electron chi connectivity index (χ3n) is 2.01. The molecule has 4 heteroatoms. The van der Waals surface area contributed by atoms with E-state index in [0.717, 1.165) is 4.70 Å². The third kappa shape index (κ3) is 1.27. The van der Waals surface area contributed by atoms with E-state index >= 15 is 0 Å². The van der Waals surface area contributed by atoms with E-state index in [9.17, 15) is 4.39 Å². The minimum atomic E-state index is -0.442. The summed E-state index contributed by atoms with van der Waals surface area (Å²) in [5.41, 5.74) is 0.991. The highest BCUT2D eigenvalue weighted by molar-refractivity contribution is 7.17. The van der Waals surface area contributed by atoms with Crippen LogP contribution in [0.4, 0.5) is 4.39 Å². The van der Waals surface area contributed by atoms with Gasteiger partial charge in [0.1, 0.15) is 11.9 Å². The number of aliphatic hydroxyl groups excluding tert-OH is 1. The second-order valence-electron chi connectivity index (χ2n) is 2.86. The smallest absolute Gasteiger partial charge is 0.125 e. The highest BCUT2D eigenvalue weighted by Crippen LogP contribution is 2.29. The number of rotatable bonds is 1. The van der Waals surface area contributed by atoms with Crippen LogP contribution in [0.5, 0.6) is 0 Å². The van der Waals surface area contributed by atoms with E-state index in [1.54, 1.807) is 5.38 Å². The highest BCUT2D eigenvalue weighted by Gasteiger charge is 2.09. The van der Waals surface area contributed by atoms with E-state index in [4.69, 9.17) is 10.4 Å². The van der Waals surface area contributed by atoms with Crippen molar-refractivity contribution in [1.82, 2.24) is 0 Å². The van der Waals surface area contributed by atoms with Crippen LogP contribution in [-0.4, -0.2) is 5.11 Å². The molecule has 14 heavy (non-hydrogen) atoms. The van der Waals surface area contributed by atoms with Gasteiger partial charge in [0.05, 0.1) is 16.9 Å². The van der Waals surface area contributed by atoms with Crippen LogP contribution in [0.1, 0.15) is 11.1 Å². The third-order valence-corrected chi connectivity index (χ3v) is 3.09. The Labute approximate surface area is 83.8 Å². The first kappa shape index (κ1) is 9.13. The van der Waals surface area contributed by atoms with Crippen LogP contribution in [0.2, 0.25) is 0 Å². The molecule has 0 radical (unpaired) electrons. The van der Waals surface area contributed by atoms with Gasteiger partial charge in [-0.05, 0) is 23.1 Å². The number of benzene rings is 1. The number of nitriles is 1. The van der Waals surface area contributed by atoms with Gasteiger partial charge in [0.15, 0.2) is 0 Å². The van der Waals surface area contributed by atoms with Crippen LogP contribution in [0.3, 0.4) is 0 Å². The van der Waals surface area contributed by atoms with Crippen molar-refractivity contribution in [1.29, 1.82) is 5.26 Å². The molecule has 0 atom stereocenters. The fourth-order valence-corrected chi connectivity index (χ4v) is 2.37. The fourth-order valence-electron chi connectivity index (χ4n) is 1.36. The van der Waals surface area contributed by atoms with Crippen molar-refractivity contribution in [3.05, 3.63) is 34.5 Å². The molecular weight excluding hydrogens is 201 g/mol. The Bertz CT molecular complexity index is 527. The molecule has 0 amide bonds. The van der Waals surface area contributed by atoms with Gasteiger partial charge < -0.3 is 5.11 Å². The summed E-state index contributed by atoms with van der Waals surface area (Å²) in [6.07, 6.45) is 0. The first-order valence-electron chi connectivity index (χ1n) is 3.97. The van der Waals surface area contributed by atoms with Gasteiger partial charge in [0, 0.05) is 5.39 Å². The number of hydrogen-bond acceptors (Lipinski definition) is 3. The maximum absolute atomic E-state index is 13.0. The Morgan fingerprint density at radius 1 is 1.50 bits per heavy atom. The van der Waals surface area contributed by atoms with Crippen LogP contribution < -0.4 is 0 Å². The van der Waals surface area contributed by atoms with Crippen molar-refractivity contribution in [3.63, 3.8) is 0 Å². The average Bonchev–Trinajstić information content (AvgIpc) is 2.59. The molecule has 1 N–H and O–H groups in total. The average molecular weight is 207 g/mol. The molecule has 1 aromatic carbocycles. The maximum Gasteiger partial charge on any atom is 0.125 e. The second kappa shape index (κ2) is 3.37. The molecule has 0 unspecified atom stereocenters. The monoisotopic (exact) mass is 207 g/mol. The molecule has 0 saturated heterocycles. The van der Waals surface area contributed by atoms with Gasteiger partial charge in [-0.3, -0.25) is 0 Å². The molecule has 70 valence electrons. The van der Waals surface area contributed by atoms with Crippen LogP contribution in [0.15, 0.2) is 17.5 Å². The Kier molecular flexibility index (Phi) is 2.20. The molecule has 2 nitrogen and oxygen atoms in total. The van der Waals surface area contributed by atoms with Crippen LogP contribution in [-0.2, 0) is 6.61 Å². The number of halogens is 1. The van der Waals surface area contributed by atoms with Gasteiger partial charge >= 0.3 is 0 Å². The molecule has 0 saturated carbocycles. The van der Waals surface area contributed by atoms with Gasteiger partial charge in [-0.2, -0.15) is 5.26 Å². The van der Waals surface area contributed by atoms with Crippen molar-refractivity contribution < 1.29 is 9.50 Å². The zero-order chi connectivity index (χ0) is 10.1. The molecule has 1 aromatic heterocycles. The molecule has 0 aliphatic heterocycles. The number of aliphatic hydroxyl groups is 1. The number of hydrogen-bond donors (Lipinski definition) is 1. The van der Waals surface area contributed by atoms with E-state index < -0.39 is 5.82 Å². The van der Waals surface area contributed by atoms with Gasteiger partial charge in [0.2, 0.25) is 0 Å². The number of fused-ring (bicyclic) bond motifs is 1. The van der Waals surface area contributed by atoms with Crippen molar-refractivity contribution in [2.24, 2.45) is 0 Å². The largest absolute Gasteiger partial charge is 0.392 e. The van der Waals surface area contributed by atoms with E-state index in [1.807, 2.05) is 6.07 Å². The Balaban J connectivity index is 2.85. The van der Waals surface area contributed by atoms with E-state index in [2.05, 4.69) is 0 Å². The topological polar surface area (TPSA) is 44.0 Å². The standard InChI is InChI=1S/C10H6FNOS/c11-8-1-6(3-12)10-9(2-8)7(4-13)5-14-10/h1-2,5,13H,4H2. The van der Waals surface area contributed by atoms with Crippen LogP contribution in [0.25, 0.3) is 10.1 Å². The fraction of sp³-hybridized carbons (Fsp3) is 0.100. The molecular formula is C10H6FNOS. The molecule has 0 aliphatic carbocycles. The Morgan fingerprint density at radius 2 is 2.29 bits per heavy atom. The summed E-state index contributed by atoms with van der Waals surface area (Å²) in [5, 5.41) is 20.1. The van der Waals surface area contributed by atoms with E-state index in [-0.39, 0.29) is 6.61 Å². The lowest BCUT2D eigenvalue weighted by molar-refractivity contribution is 0.284. The zero-order valence-electron chi connectivity index (χ0n) is 7.12. The second-order valence-corrected chi connectivity index (χ2v) is 3.74. The zero-order valence-corrected chi connectivity index (χ0v) is 7.94. The molecule has 2 rings (SSSR count). The molecule has 2 aromatic rings. The molecule has 1 heterocycles. The summed E-state index contributed by atoms with van der Waals surface area (Å²) >= 11 is 1.35. The van der Waals surface area contributed by atoms with Crippen molar-refractivity contribution >= 4 is 21.4 Å². The van der Waals surface area contributed by atoms with Crippen molar-refractivity contribution in [3.8, 4) is 6.07 Å². The highest BCUT2D eigenvalue weighted by atomic mass is 32.1. The lowest BCUT2D eigenvalue weighted by atomic mass is 10.1.